The van der Waals surface area contributed by atoms with Crippen LogP contribution in [0.25, 0.3) is 0 Å². The van der Waals surface area contributed by atoms with Crippen LogP contribution in [0.5, 0.6) is 11.5 Å². The maximum atomic E-state index is 13.0. The number of nitrogens with zero attached hydrogens (tertiary/aromatic N) is 2. The summed E-state index contributed by atoms with van der Waals surface area (Å²) in [5, 5.41) is 0. The molecule has 1 unspecified atom stereocenters. The Morgan fingerprint density at radius 1 is 0.902 bits per heavy atom. The van der Waals surface area contributed by atoms with E-state index >= 15 is 0 Å². The van der Waals surface area contributed by atoms with Crippen molar-refractivity contribution in [1.82, 2.24) is 4.90 Å². The Kier molecular flexibility index (Phi) is 8.14. The number of carbonyl (C=O) groups is 3. The second-order valence-corrected chi connectivity index (χ2v) is 9.77. The summed E-state index contributed by atoms with van der Waals surface area (Å²) < 4.78 is 52.2. The molecule has 0 bridgehead atoms. The minimum Gasteiger partial charge on any atom is -0.492 e. The SMILES string of the molecule is O=C(CC1COc2cc(OCc3ccc(C(=O)N4CCN(c5ccccc5)CC4)cc3)ccc21)OC(=O)C(F)(F)F. The molecule has 3 aromatic carbocycles. The van der Waals surface area contributed by atoms with Gasteiger partial charge in [-0.25, -0.2) is 4.79 Å². The minimum absolute atomic E-state index is 0.0119. The number of carbonyl (C=O) groups excluding carboxylic acids is 3. The monoisotopic (exact) mass is 568 g/mol. The van der Waals surface area contributed by atoms with Gasteiger partial charge in [-0.1, -0.05) is 36.4 Å². The second-order valence-electron chi connectivity index (χ2n) is 9.77. The third-order valence-corrected chi connectivity index (χ3v) is 7.01. The fraction of sp³-hybridized carbons (Fsp3) is 0.300. The van der Waals surface area contributed by atoms with Crippen molar-refractivity contribution in [2.75, 3.05) is 37.7 Å². The lowest BCUT2D eigenvalue weighted by atomic mass is 9.98. The zero-order valence-corrected chi connectivity index (χ0v) is 21.9. The third-order valence-electron chi connectivity index (χ3n) is 7.01. The number of halogens is 3. The summed E-state index contributed by atoms with van der Waals surface area (Å²) in [5.41, 5.74) is 3.23. The standard InChI is InChI=1S/C30H27F3N2O6/c31-30(32,33)29(38)41-27(36)16-22-19-40-26-17-24(10-11-25(22)26)39-18-20-6-8-21(9-7-20)28(37)35-14-12-34(13-15-35)23-4-2-1-3-5-23/h1-11,17,22H,12-16,18-19H2. The van der Waals surface area contributed by atoms with Crippen LogP contribution in [0.15, 0.2) is 72.8 Å². The molecule has 0 radical (unpaired) electrons. The lowest BCUT2D eigenvalue weighted by molar-refractivity contribution is -0.202. The maximum Gasteiger partial charge on any atom is 0.491 e. The van der Waals surface area contributed by atoms with E-state index in [4.69, 9.17) is 9.47 Å². The number of amides is 1. The Hall–Kier alpha value is -4.54. The Labute approximate surface area is 234 Å². The fourth-order valence-electron chi connectivity index (χ4n) is 4.82. The quantitative estimate of drug-likeness (QED) is 0.301. The van der Waals surface area contributed by atoms with Gasteiger partial charge in [0.15, 0.2) is 0 Å². The molecule has 11 heteroatoms. The van der Waals surface area contributed by atoms with Crippen LogP contribution in [-0.2, 0) is 20.9 Å². The highest BCUT2D eigenvalue weighted by molar-refractivity contribution is 5.94. The molecule has 2 aliphatic rings. The number of alkyl halides is 3. The summed E-state index contributed by atoms with van der Waals surface area (Å²) in [5.74, 6) is -3.43. The van der Waals surface area contributed by atoms with Gasteiger partial charge in [0.05, 0.1) is 13.0 Å². The van der Waals surface area contributed by atoms with E-state index in [1.54, 1.807) is 30.3 Å². The number of esters is 2. The number of piperazine rings is 1. The van der Waals surface area contributed by atoms with Crippen molar-refractivity contribution in [3.8, 4) is 11.5 Å². The normalized spacial score (nSPS) is 16.5. The molecule has 0 aromatic heterocycles. The molecule has 8 nitrogen and oxygen atoms in total. The molecule has 3 aromatic rings. The predicted molar refractivity (Wildman–Crippen MR) is 142 cm³/mol. The predicted octanol–water partition coefficient (Wildman–Crippen LogP) is 4.73. The number of benzene rings is 3. The first kappa shape index (κ1) is 28.0. The zero-order valence-electron chi connectivity index (χ0n) is 21.9. The summed E-state index contributed by atoms with van der Waals surface area (Å²) in [4.78, 5) is 39.8. The van der Waals surface area contributed by atoms with Crippen molar-refractivity contribution in [1.29, 1.82) is 0 Å². The molecule has 1 fully saturated rings. The van der Waals surface area contributed by atoms with Gasteiger partial charge in [0, 0.05) is 55.0 Å². The number of fused-ring (bicyclic) bond motifs is 1. The second kappa shape index (κ2) is 11.9. The maximum absolute atomic E-state index is 13.0. The van der Waals surface area contributed by atoms with Crippen molar-refractivity contribution in [3.63, 3.8) is 0 Å². The van der Waals surface area contributed by atoms with Crippen molar-refractivity contribution in [2.24, 2.45) is 0 Å². The van der Waals surface area contributed by atoms with Crippen LogP contribution < -0.4 is 14.4 Å². The van der Waals surface area contributed by atoms with E-state index in [1.807, 2.05) is 35.2 Å². The molecule has 1 atom stereocenters. The number of anilines is 1. The van der Waals surface area contributed by atoms with Crippen LogP contribution in [0.2, 0.25) is 0 Å². The third kappa shape index (κ3) is 6.79. The van der Waals surface area contributed by atoms with Gasteiger partial charge in [0.25, 0.3) is 5.91 Å². The van der Waals surface area contributed by atoms with E-state index in [0.29, 0.717) is 35.7 Å². The molecule has 5 rings (SSSR count). The summed E-state index contributed by atoms with van der Waals surface area (Å²) in [6, 6.07) is 22.3. The van der Waals surface area contributed by atoms with Gasteiger partial charge < -0.3 is 24.0 Å². The van der Waals surface area contributed by atoms with E-state index in [9.17, 15) is 27.6 Å². The average molecular weight is 569 g/mol. The topological polar surface area (TPSA) is 85.4 Å². The van der Waals surface area contributed by atoms with Crippen molar-refractivity contribution < 1.29 is 41.8 Å². The molecule has 2 heterocycles. The fourth-order valence-corrected chi connectivity index (χ4v) is 4.82. The number of rotatable bonds is 7. The highest BCUT2D eigenvalue weighted by atomic mass is 19.4. The molecule has 214 valence electrons. The van der Waals surface area contributed by atoms with E-state index in [0.717, 1.165) is 24.3 Å². The van der Waals surface area contributed by atoms with Crippen LogP contribution in [0.1, 0.15) is 33.8 Å². The first-order valence-electron chi connectivity index (χ1n) is 13.1. The number of hydrogen-bond acceptors (Lipinski definition) is 7. The highest BCUT2D eigenvalue weighted by Crippen LogP contribution is 2.38. The highest BCUT2D eigenvalue weighted by Gasteiger charge is 2.43. The summed E-state index contributed by atoms with van der Waals surface area (Å²) in [6.45, 7) is 3.13. The molecule has 41 heavy (non-hydrogen) atoms. The number of hydrogen-bond donors (Lipinski definition) is 0. The van der Waals surface area contributed by atoms with Crippen LogP contribution >= 0.6 is 0 Å². The van der Waals surface area contributed by atoms with Crippen LogP contribution in [0.3, 0.4) is 0 Å². The van der Waals surface area contributed by atoms with Gasteiger partial charge in [-0.2, -0.15) is 13.2 Å². The van der Waals surface area contributed by atoms with Crippen LogP contribution in [0, 0.1) is 0 Å². The Balaban J connectivity index is 1.10. The molecule has 2 aliphatic heterocycles. The van der Waals surface area contributed by atoms with Gasteiger partial charge in [-0.05, 0) is 35.9 Å². The summed E-state index contributed by atoms with van der Waals surface area (Å²) in [6.07, 6.45) is -5.66. The first-order chi connectivity index (χ1) is 19.7. The molecule has 0 spiro atoms. The van der Waals surface area contributed by atoms with E-state index in [2.05, 4.69) is 21.8 Å². The zero-order chi connectivity index (χ0) is 29.0. The lowest BCUT2D eigenvalue weighted by Crippen LogP contribution is -2.48. The van der Waals surface area contributed by atoms with Crippen LogP contribution in [0.4, 0.5) is 18.9 Å². The molecule has 1 amide bonds. The lowest BCUT2D eigenvalue weighted by Gasteiger charge is -2.36. The van der Waals surface area contributed by atoms with E-state index in [-0.39, 0.29) is 19.1 Å². The van der Waals surface area contributed by atoms with Crippen molar-refractivity contribution in [3.05, 3.63) is 89.5 Å². The number of ether oxygens (including phenoxy) is 3. The summed E-state index contributed by atoms with van der Waals surface area (Å²) >= 11 is 0. The van der Waals surface area contributed by atoms with Gasteiger partial charge in [0.2, 0.25) is 0 Å². The largest absolute Gasteiger partial charge is 0.492 e. The van der Waals surface area contributed by atoms with Crippen molar-refractivity contribution in [2.45, 2.75) is 25.1 Å². The average Bonchev–Trinajstić information content (AvgIpc) is 3.37. The first-order valence-corrected chi connectivity index (χ1v) is 13.1. The van der Waals surface area contributed by atoms with Gasteiger partial charge in [-0.15, -0.1) is 0 Å². The molecular weight excluding hydrogens is 541 g/mol. The Bertz CT molecular complexity index is 1400. The van der Waals surface area contributed by atoms with Gasteiger partial charge >= 0.3 is 18.1 Å². The Morgan fingerprint density at radius 3 is 2.29 bits per heavy atom. The molecular formula is C30H27F3N2O6. The smallest absolute Gasteiger partial charge is 0.491 e. The molecule has 0 saturated carbocycles. The van der Waals surface area contributed by atoms with E-state index in [1.165, 1.54) is 0 Å². The summed E-state index contributed by atoms with van der Waals surface area (Å²) in [7, 11) is 0. The molecule has 0 aliphatic carbocycles. The molecule has 1 saturated heterocycles. The minimum atomic E-state index is -5.24. The van der Waals surface area contributed by atoms with Crippen molar-refractivity contribution >= 4 is 23.5 Å². The van der Waals surface area contributed by atoms with Crippen LogP contribution in [-0.4, -0.2) is 61.7 Å². The van der Waals surface area contributed by atoms with Gasteiger partial charge in [0.1, 0.15) is 18.1 Å². The van der Waals surface area contributed by atoms with E-state index < -0.39 is 30.5 Å². The van der Waals surface area contributed by atoms with Gasteiger partial charge in [-0.3, -0.25) is 9.59 Å². The Morgan fingerprint density at radius 2 is 1.61 bits per heavy atom. The molecule has 0 N–H and O–H groups in total. The number of para-hydroxylation sites is 1.